The zero-order chi connectivity index (χ0) is 17.2. The molecule has 0 radical (unpaired) electrons. The number of aromatic nitrogens is 3. The van der Waals surface area contributed by atoms with Crippen molar-refractivity contribution in [2.75, 3.05) is 11.9 Å². The molecule has 8 heteroatoms. The van der Waals surface area contributed by atoms with Crippen LogP contribution in [-0.2, 0) is 22.6 Å². The Labute approximate surface area is 135 Å². The third-order valence-electron chi connectivity index (χ3n) is 3.69. The summed E-state index contributed by atoms with van der Waals surface area (Å²) in [7, 11) is 0.000396. The van der Waals surface area contributed by atoms with Crippen LogP contribution < -0.4 is 4.90 Å². The smallest absolute Gasteiger partial charge is 0.276 e. The average molecular weight is 336 g/mol. The number of amides is 1. The van der Waals surface area contributed by atoms with Crippen LogP contribution in [0.1, 0.15) is 30.2 Å². The maximum absolute atomic E-state index is 12.6. The van der Waals surface area contributed by atoms with Crippen LogP contribution >= 0.6 is 0 Å². The Bertz CT molecular complexity index is 797. The standard InChI is InChI=1S/C15H20N4O3S/c1-11(2)23(21,22)10-14-17-9-13(19(14)4)15(20)18(3)12-6-5-7-16-8-12/h5-9,11H,10H2,1-4H3. The van der Waals surface area contributed by atoms with Gasteiger partial charge in [-0.05, 0) is 26.0 Å². The van der Waals surface area contributed by atoms with Crippen LogP contribution in [0.5, 0.6) is 0 Å². The molecular weight excluding hydrogens is 316 g/mol. The first-order chi connectivity index (χ1) is 10.7. The number of rotatable bonds is 5. The molecule has 0 spiro atoms. The van der Waals surface area contributed by atoms with Gasteiger partial charge in [0.2, 0.25) is 0 Å². The highest BCUT2D eigenvalue weighted by atomic mass is 32.2. The van der Waals surface area contributed by atoms with Crippen molar-refractivity contribution in [1.29, 1.82) is 0 Å². The second kappa shape index (κ2) is 6.49. The van der Waals surface area contributed by atoms with Crippen molar-refractivity contribution >= 4 is 21.4 Å². The Kier molecular flexibility index (Phi) is 4.84. The van der Waals surface area contributed by atoms with Gasteiger partial charge < -0.3 is 9.47 Å². The van der Waals surface area contributed by atoms with E-state index in [1.54, 1.807) is 52.5 Å². The number of hydrogen-bond donors (Lipinski definition) is 0. The van der Waals surface area contributed by atoms with E-state index in [2.05, 4.69) is 9.97 Å². The molecule has 1 amide bonds. The number of carbonyl (C=O) groups is 1. The summed E-state index contributed by atoms with van der Waals surface area (Å²) in [5, 5.41) is -0.489. The first-order valence-corrected chi connectivity index (χ1v) is 8.86. The summed E-state index contributed by atoms with van der Waals surface area (Å²) in [6.45, 7) is 3.25. The van der Waals surface area contributed by atoms with E-state index in [4.69, 9.17) is 0 Å². The molecule has 0 saturated heterocycles. The maximum atomic E-state index is 12.6. The molecule has 0 aromatic carbocycles. The minimum Gasteiger partial charge on any atom is -0.326 e. The van der Waals surface area contributed by atoms with E-state index in [0.29, 0.717) is 17.2 Å². The molecule has 2 aromatic heterocycles. The molecule has 2 rings (SSSR count). The number of imidazole rings is 1. The fourth-order valence-electron chi connectivity index (χ4n) is 1.97. The van der Waals surface area contributed by atoms with Gasteiger partial charge in [0.25, 0.3) is 5.91 Å². The van der Waals surface area contributed by atoms with E-state index in [-0.39, 0.29) is 11.7 Å². The number of anilines is 1. The van der Waals surface area contributed by atoms with Crippen molar-refractivity contribution in [1.82, 2.24) is 14.5 Å². The van der Waals surface area contributed by atoms with E-state index in [1.807, 2.05) is 0 Å². The quantitative estimate of drug-likeness (QED) is 0.824. The highest BCUT2D eigenvalue weighted by molar-refractivity contribution is 7.91. The highest BCUT2D eigenvalue weighted by Crippen LogP contribution is 2.16. The zero-order valence-electron chi connectivity index (χ0n) is 13.6. The number of carbonyl (C=O) groups excluding carboxylic acids is 1. The molecule has 2 aromatic rings. The van der Waals surface area contributed by atoms with Gasteiger partial charge in [-0.3, -0.25) is 9.78 Å². The number of pyridine rings is 1. The van der Waals surface area contributed by atoms with Crippen LogP contribution in [0.2, 0.25) is 0 Å². The topological polar surface area (TPSA) is 85.2 Å². The van der Waals surface area contributed by atoms with Gasteiger partial charge >= 0.3 is 0 Å². The molecule has 0 fully saturated rings. The summed E-state index contributed by atoms with van der Waals surface area (Å²) >= 11 is 0. The molecule has 0 unspecified atom stereocenters. The Hall–Kier alpha value is -2.22. The largest absolute Gasteiger partial charge is 0.326 e. The van der Waals surface area contributed by atoms with Gasteiger partial charge in [0, 0.05) is 20.3 Å². The van der Waals surface area contributed by atoms with E-state index in [9.17, 15) is 13.2 Å². The third-order valence-corrected chi connectivity index (χ3v) is 5.79. The van der Waals surface area contributed by atoms with E-state index >= 15 is 0 Å². The lowest BCUT2D eigenvalue weighted by Gasteiger charge is -2.17. The molecule has 0 bridgehead atoms. The summed E-state index contributed by atoms with van der Waals surface area (Å²) in [6.07, 6.45) is 4.61. The lowest BCUT2D eigenvalue weighted by molar-refractivity contribution is 0.0985. The van der Waals surface area contributed by atoms with Crippen molar-refractivity contribution in [2.24, 2.45) is 7.05 Å². The Morgan fingerprint density at radius 1 is 1.35 bits per heavy atom. The van der Waals surface area contributed by atoms with Crippen LogP contribution in [0.15, 0.2) is 30.7 Å². The molecule has 0 aliphatic heterocycles. The number of sulfone groups is 1. The van der Waals surface area contributed by atoms with Crippen molar-refractivity contribution < 1.29 is 13.2 Å². The van der Waals surface area contributed by atoms with Gasteiger partial charge in [0.15, 0.2) is 9.84 Å². The van der Waals surface area contributed by atoms with Crippen molar-refractivity contribution in [3.8, 4) is 0 Å². The molecule has 7 nitrogen and oxygen atoms in total. The fraction of sp³-hybridized carbons (Fsp3) is 0.400. The number of nitrogens with zero attached hydrogens (tertiary/aromatic N) is 4. The average Bonchev–Trinajstić information content (AvgIpc) is 2.87. The molecule has 0 atom stereocenters. The van der Waals surface area contributed by atoms with Gasteiger partial charge in [-0.25, -0.2) is 13.4 Å². The first kappa shape index (κ1) is 17.1. The highest BCUT2D eigenvalue weighted by Gasteiger charge is 2.23. The SMILES string of the molecule is CC(C)S(=O)(=O)Cc1ncc(C(=O)N(C)c2cccnc2)n1C. The molecule has 2 heterocycles. The molecule has 0 saturated carbocycles. The Balaban J connectivity index is 2.27. The predicted octanol–water partition coefficient (Wildman–Crippen LogP) is 1.41. The summed E-state index contributed by atoms with van der Waals surface area (Å²) in [6, 6.07) is 3.51. The third kappa shape index (κ3) is 3.58. The van der Waals surface area contributed by atoms with E-state index < -0.39 is 15.1 Å². The predicted molar refractivity (Wildman–Crippen MR) is 87.9 cm³/mol. The zero-order valence-corrected chi connectivity index (χ0v) is 14.4. The van der Waals surface area contributed by atoms with E-state index in [1.165, 1.54) is 15.7 Å². The van der Waals surface area contributed by atoms with Gasteiger partial charge in [0.1, 0.15) is 17.3 Å². The summed E-state index contributed by atoms with van der Waals surface area (Å²) < 4.78 is 25.6. The molecule has 0 aliphatic rings. The normalized spacial score (nSPS) is 11.7. The van der Waals surface area contributed by atoms with Crippen LogP contribution in [0.3, 0.4) is 0 Å². The van der Waals surface area contributed by atoms with Gasteiger partial charge in [-0.1, -0.05) is 0 Å². The van der Waals surface area contributed by atoms with Crippen LogP contribution in [0.25, 0.3) is 0 Å². The van der Waals surface area contributed by atoms with Crippen molar-refractivity contribution in [2.45, 2.75) is 24.9 Å². The monoisotopic (exact) mass is 336 g/mol. The van der Waals surface area contributed by atoms with Crippen molar-refractivity contribution in [3.63, 3.8) is 0 Å². The molecule has 124 valence electrons. The van der Waals surface area contributed by atoms with E-state index in [0.717, 1.165) is 0 Å². The second-order valence-corrected chi connectivity index (χ2v) is 8.11. The van der Waals surface area contributed by atoms with Crippen LogP contribution in [-0.4, -0.2) is 41.2 Å². The minimum absolute atomic E-state index is 0.189. The van der Waals surface area contributed by atoms with Gasteiger partial charge in [0.05, 0.1) is 23.3 Å². The van der Waals surface area contributed by atoms with Crippen molar-refractivity contribution in [3.05, 3.63) is 42.2 Å². The molecule has 23 heavy (non-hydrogen) atoms. The summed E-state index contributed by atoms with van der Waals surface area (Å²) in [4.78, 5) is 22.1. The maximum Gasteiger partial charge on any atom is 0.276 e. The van der Waals surface area contributed by atoms with Gasteiger partial charge in [-0.2, -0.15) is 0 Å². The lowest BCUT2D eigenvalue weighted by Crippen LogP contribution is -2.28. The Morgan fingerprint density at radius 3 is 2.61 bits per heavy atom. The molecule has 0 N–H and O–H groups in total. The molecule has 0 aliphatic carbocycles. The Morgan fingerprint density at radius 2 is 2.04 bits per heavy atom. The summed E-state index contributed by atoms with van der Waals surface area (Å²) in [5.41, 5.74) is 0.973. The van der Waals surface area contributed by atoms with Gasteiger partial charge in [-0.15, -0.1) is 0 Å². The minimum atomic E-state index is -3.28. The first-order valence-electron chi connectivity index (χ1n) is 7.14. The molecular formula is C15H20N4O3S. The summed E-state index contributed by atoms with van der Waals surface area (Å²) in [5.74, 6) is -0.117. The number of hydrogen-bond acceptors (Lipinski definition) is 5. The van der Waals surface area contributed by atoms with Crippen LogP contribution in [0, 0.1) is 0 Å². The fourth-order valence-corrected chi connectivity index (χ4v) is 2.93. The second-order valence-electron chi connectivity index (χ2n) is 5.55. The van der Waals surface area contributed by atoms with Crippen LogP contribution in [0.4, 0.5) is 5.69 Å². The lowest BCUT2D eigenvalue weighted by atomic mass is 10.3.